The minimum Gasteiger partial charge on any atom is -0.467 e. The smallest absolute Gasteiger partial charge is 0.262 e. The fourth-order valence-corrected chi connectivity index (χ4v) is 3.80. The first-order chi connectivity index (χ1) is 13.0. The summed E-state index contributed by atoms with van der Waals surface area (Å²) in [5.41, 5.74) is 0.325. The molecule has 0 aliphatic heterocycles. The molecule has 27 heavy (non-hydrogen) atoms. The molecule has 1 aromatic carbocycles. The fraction of sp³-hybridized carbons (Fsp3) is 0.316. The van der Waals surface area contributed by atoms with E-state index in [2.05, 4.69) is 10.3 Å². The van der Waals surface area contributed by atoms with E-state index in [-0.39, 0.29) is 29.3 Å². The van der Waals surface area contributed by atoms with E-state index in [1.165, 1.54) is 11.8 Å². The average Bonchev–Trinajstić information content (AvgIpc) is 3.29. The highest BCUT2D eigenvalue weighted by Gasteiger charge is 2.27. The number of aromatic nitrogens is 2. The zero-order chi connectivity index (χ0) is 19.0. The van der Waals surface area contributed by atoms with Gasteiger partial charge in [-0.25, -0.2) is 4.98 Å². The Balaban J connectivity index is 1.73. The average molecular weight is 404 g/mol. The van der Waals surface area contributed by atoms with Crippen LogP contribution in [0.1, 0.15) is 25.5 Å². The van der Waals surface area contributed by atoms with Crippen molar-refractivity contribution in [2.75, 3.05) is 0 Å². The van der Waals surface area contributed by atoms with Gasteiger partial charge >= 0.3 is 0 Å². The second kappa shape index (κ2) is 7.40. The molecule has 1 atom stereocenters. The number of amides is 1. The number of fused-ring (bicyclic) bond motifs is 1. The molecular formula is C19H18ClN3O3S. The van der Waals surface area contributed by atoms with Crippen LogP contribution in [-0.4, -0.2) is 26.8 Å². The maximum Gasteiger partial charge on any atom is 0.262 e. The molecule has 0 saturated heterocycles. The predicted molar refractivity (Wildman–Crippen MR) is 105 cm³/mol. The minimum absolute atomic E-state index is 0.0486. The monoisotopic (exact) mass is 403 g/mol. The van der Waals surface area contributed by atoms with Gasteiger partial charge in [0.15, 0.2) is 5.16 Å². The van der Waals surface area contributed by atoms with Gasteiger partial charge in [-0.1, -0.05) is 23.4 Å². The van der Waals surface area contributed by atoms with Crippen molar-refractivity contribution in [1.82, 2.24) is 14.9 Å². The van der Waals surface area contributed by atoms with Crippen LogP contribution in [0.15, 0.2) is 51.0 Å². The Morgan fingerprint density at radius 3 is 2.96 bits per heavy atom. The Hall–Kier alpha value is -2.25. The van der Waals surface area contributed by atoms with E-state index in [9.17, 15) is 9.59 Å². The number of furan rings is 1. The van der Waals surface area contributed by atoms with Crippen LogP contribution in [0, 0.1) is 0 Å². The topological polar surface area (TPSA) is 77.1 Å². The third kappa shape index (κ3) is 4.04. The summed E-state index contributed by atoms with van der Waals surface area (Å²) in [7, 11) is 0. The van der Waals surface area contributed by atoms with Crippen LogP contribution in [-0.2, 0) is 11.3 Å². The summed E-state index contributed by atoms with van der Waals surface area (Å²) >= 11 is 7.32. The lowest BCUT2D eigenvalue weighted by Gasteiger charge is -2.16. The van der Waals surface area contributed by atoms with Crippen molar-refractivity contribution < 1.29 is 9.21 Å². The molecule has 6 nitrogen and oxygen atoms in total. The Kier molecular flexibility index (Phi) is 4.97. The van der Waals surface area contributed by atoms with Gasteiger partial charge in [0.25, 0.3) is 5.56 Å². The van der Waals surface area contributed by atoms with E-state index in [0.29, 0.717) is 26.8 Å². The molecule has 140 valence electrons. The van der Waals surface area contributed by atoms with Gasteiger partial charge in [-0.2, -0.15) is 0 Å². The third-order valence-electron chi connectivity index (χ3n) is 4.35. The van der Waals surface area contributed by atoms with Crippen molar-refractivity contribution in [2.45, 2.75) is 42.8 Å². The molecule has 2 heterocycles. The van der Waals surface area contributed by atoms with E-state index in [1.807, 2.05) is 6.92 Å². The molecule has 0 radical (unpaired) electrons. The van der Waals surface area contributed by atoms with E-state index >= 15 is 0 Å². The Bertz CT molecular complexity index is 1040. The quantitative estimate of drug-likeness (QED) is 0.504. The highest BCUT2D eigenvalue weighted by atomic mass is 35.5. The van der Waals surface area contributed by atoms with Crippen molar-refractivity contribution in [2.24, 2.45) is 0 Å². The highest BCUT2D eigenvalue weighted by Crippen LogP contribution is 2.26. The van der Waals surface area contributed by atoms with E-state index in [0.717, 1.165) is 12.8 Å². The number of benzene rings is 1. The van der Waals surface area contributed by atoms with Crippen LogP contribution in [0.5, 0.6) is 0 Å². The third-order valence-corrected chi connectivity index (χ3v) is 5.68. The Morgan fingerprint density at radius 2 is 2.26 bits per heavy atom. The molecule has 0 bridgehead atoms. The summed E-state index contributed by atoms with van der Waals surface area (Å²) in [6.07, 6.45) is 3.62. The molecule has 4 rings (SSSR count). The lowest BCUT2D eigenvalue weighted by atomic mass is 10.2. The van der Waals surface area contributed by atoms with Crippen molar-refractivity contribution in [3.63, 3.8) is 0 Å². The summed E-state index contributed by atoms with van der Waals surface area (Å²) < 4.78 is 6.94. The zero-order valence-electron chi connectivity index (χ0n) is 14.6. The maximum atomic E-state index is 13.1. The number of thioether (sulfide) groups is 1. The molecule has 3 aromatic rings. The second-order valence-corrected chi connectivity index (χ2v) is 8.31. The lowest BCUT2D eigenvalue weighted by molar-refractivity contribution is -0.120. The molecule has 0 unspecified atom stereocenters. The molecule has 1 fully saturated rings. The summed E-state index contributed by atoms with van der Waals surface area (Å²) in [4.78, 5) is 30.0. The van der Waals surface area contributed by atoms with Gasteiger partial charge in [0.2, 0.25) is 5.91 Å². The number of carbonyl (C=O) groups is 1. The number of carbonyl (C=O) groups excluding carboxylic acids is 1. The summed E-state index contributed by atoms with van der Waals surface area (Å²) in [5, 5.41) is 4.06. The maximum absolute atomic E-state index is 13.1. The number of halogens is 1. The molecule has 1 amide bonds. The standard InChI is InChI=1S/C19H18ClN3O3S/c1-11(17(24)21-13-5-6-13)27-19-22-16-9-12(20)4-7-15(16)18(25)23(19)10-14-3-2-8-26-14/h2-4,7-9,11,13H,5-6,10H2,1H3,(H,21,24)/t11-/m0/s1. The summed E-state index contributed by atoms with van der Waals surface area (Å²) in [6.45, 7) is 2.06. The van der Waals surface area contributed by atoms with Crippen molar-refractivity contribution in [3.8, 4) is 0 Å². The van der Waals surface area contributed by atoms with Crippen molar-refractivity contribution >= 4 is 40.2 Å². The van der Waals surface area contributed by atoms with Crippen LogP contribution < -0.4 is 10.9 Å². The van der Waals surface area contributed by atoms with E-state index in [1.54, 1.807) is 41.2 Å². The predicted octanol–water partition coefficient (Wildman–Crippen LogP) is 3.45. The van der Waals surface area contributed by atoms with Gasteiger partial charge in [0.05, 0.1) is 29.0 Å². The van der Waals surface area contributed by atoms with Crippen LogP contribution in [0.4, 0.5) is 0 Å². The van der Waals surface area contributed by atoms with Gasteiger partial charge in [-0.05, 0) is 50.1 Å². The van der Waals surface area contributed by atoms with Gasteiger partial charge in [0.1, 0.15) is 5.76 Å². The van der Waals surface area contributed by atoms with Gasteiger partial charge in [-0.15, -0.1) is 0 Å². The molecule has 1 aliphatic carbocycles. The summed E-state index contributed by atoms with van der Waals surface area (Å²) in [6, 6.07) is 8.86. The zero-order valence-corrected chi connectivity index (χ0v) is 16.2. The first kappa shape index (κ1) is 18.1. The van der Waals surface area contributed by atoms with Crippen LogP contribution in [0.3, 0.4) is 0 Å². The summed E-state index contributed by atoms with van der Waals surface area (Å²) in [5.74, 6) is 0.594. The SMILES string of the molecule is C[C@H](Sc1nc2cc(Cl)ccc2c(=O)n1Cc1ccco1)C(=O)NC1CC1. The lowest BCUT2D eigenvalue weighted by Crippen LogP contribution is -2.33. The largest absolute Gasteiger partial charge is 0.467 e. The van der Waals surface area contributed by atoms with E-state index in [4.69, 9.17) is 16.0 Å². The van der Waals surface area contributed by atoms with Crippen molar-refractivity contribution in [1.29, 1.82) is 0 Å². The van der Waals surface area contributed by atoms with Gasteiger partial charge in [0, 0.05) is 11.1 Å². The second-order valence-electron chi connectivity index (χ2n) is 6.57. The molecule has 2 aromatic heterocycles. The first-order valence-corrected chi connectivity index (χ1v) is 9.96. The molecule has 1 N–H and O–H groups in total. The number of nitrogens with one attached hydrogen (secondary N) is 1. The molecular weight excluding hydrogens is 386 g/mol. The highest BCUT2D eigenvalue weighted by molar-refractivity contribution is 8.00. The van der Waals surface area contributed by atoms with E-state index < -0.39 is 0 Å². The number of nitrogens with zero attached hydrogens (tertiary/aromatic N) is 2. The van der Waals surface area contributed by atoms with Gasteiger partial charge in [-0.3, -0.25) is 14.2 Å². The van der Waals surface area contributed by atoms with Crippen LogP contribution in [0.25, 0.3) is 10.9 Å². The fourth-order valence-electron chi connectivity index (χ4n) is 2.72. The number of hydrogen-bond donors (Lipinski definition) is 1. The van der Waals surface area contributed by atoms with Crippen LogP contribution >= 0.6 is 23.4 Å². The molecule has 1 saturated carbocycles. The number of hydrogen-bond acceptors (Lipinski definition) is 5. The Labute approximate surface area is 164 Å². The molecule has 1 aliphatic rings. The Morgan fingerprint density at radius 1 is 1.44 bits per heavy atom. The van der Waals surface area contributed by atoms with Gasteiger partial charge < -0.3 is 9.73 Å². The molecule has 8 heteroatoms. The van der Waals surface area contributed by atoms with Crippen LogP contribution in [0.2, 0.25) is 5.02 Å². The minimum atomic E-state index is -0.378. The first-order valence-electron chi connectivity index (χ1n) is 8.71. The number of rotatable bonds is 6. The molecule has 0 spiro atoms. The van der Waals surface area contributed by atoms with Crippen molar-refractivity contribution in [3.05, 3.63) is 57.7 Å². The normalized spacial score (nSPS) is 15.0.